The Bertz CT molecular complexity index is 592. The number of carboxylic acid groups (broad SMARTS) is 1. The number of hydrogen-bond acceptors (Lipinski definition) is 4. The van der Waals surface area contributed by atoms with E-state index >= 15 is 0 Å². The van der Waals surface area contributed by atoms with Gasteiger partial charge in [-0.2, -0.15) is 0 Å². The van der Waals surface area contributed by atoms with Crippen LogP contribution in [-0.4, -0.2) is 11.9 Å². The van der Waals surface area contributed by atoms with Gasteiger partial charge in [0.15, 0.2) is 0 Å². The van der Waals surface area contributed by atoms with Crippen LogP contribution in [0.2, 0.25) is 0 Å². The molecule has 2 rings (SSSR count). The summed E-state index contributed by atoms with van der Waals surface area (Å²) in [5.41, 5.74) is 0.0179. The molecule has 0 saturated heterocycles. The van der Waals surface area contributed by atoms with Crippen molar-refractivity contribution in [2.24, 2.45) is 0 Å². The number of thiophene rings is 1. The third-order valence-electron chi connectivity index (χ3n) is 2.71. The van der Waals surface area contributed by atoms with Gasteiger partial charge < -0.3 is 15.2 Å². The Morgan fingerprint density at radius 2 is 1.84 bits per heavy atom. The molecule has 5 heteroatoms. The van der Waals surface area contributed by atoms with Crippen LogP contribution >= 0.6 is 11.3 Å². The maximum Gasteiger partial charge on any atom is 0.252 e. The number of amides is 1. The van der Waals surface area contributed by atoms with Crippen LogP contribution in [0.1, 0.15) is 38.6 Å². The average Bonchev–Trinajstić information content (AvgIpc) is 2.92. The number of carbonyl (C=O) groups excluding carboxylic acids is 2. The molecule has 0 aliphatic carbocycles. The zero-order valence-corrected chi connectivity index (χ0v) is 11.1. The van der Waals surface area contributed by atoms with Crippen LogP contribution < -0.4 is 10.4 Å². The summed E-state index contributed by atoms with van der Waals surface area (Å²) in [6.45, 7) is 1.85. The van der Waals surface area contributed by atoms with Gasteiger partial charge >= 0.3 is 0 Å². The minimum Gasteiger partial charge on any atom is -0.545 e. The largest absolute Gasteiger partial charge is 0.545 e. The predicted octanol–water partition coefficient (Wildman–Crippen LogP) is 1.60. The normalized spacial score (nSPS) is 11.8. The summed E-state index contributed by atoms with van der Waals surface area (Å²) >= 11 is 1.54. The fraction of sp³-hybridized carbons (Fsp3) is 0.143. The van der Waals surface area contributed by atoms with Gasteiger partial charge in [0, 0.05) is 16.0 Å². The molecular formula is C14H12NO3S-. The van der Waals surface area contributed by atoms with Crippen molar-refractivity contribution in [3.63, 3.8) is 0 Å². The number of carboxylic acids is 1. The second-order valence-electron chi connectivity index (χ2n) is 4.04. The second kappa shape index (κ2) is 5.67. The van der Waals surface area contributed by atoms with Crippen LogP contribution in [0.25, 0.3) is 0 Å². The van der Waals surface area contributed by atoms with Crippen LogP contribution in [0.15, 0.2) is 41.8 Å². The summed E-state index contributed by atoms with van der Waals surface area (Å²) in [6, 6.07) is 9.67. The third-order valence-corrected chi connectivity index (χ3v) is 3.76. The van der Waals surface area contributed by atoms with Crippen molar-refractivity contribution in [2.45, 2.75) is 13.0 Å². The molecule has 1 atom stereocenters. The minimum atomic E-state index is -1.35. The smallest absolute Gasteiger partial charge is 0.252 e. The lowest BCUT2D eigenvalue weighted by Crippen LogP contribution is -2.30. The van der Waals surface area contributed by atoms with Crippen LogP contribution in [0.3, 0.4) is 0 Å². The van der Waals surface area contributed by atoms with Crippen LogP contribution in [-0.2, 0) is 0 Å². The first kappa shape index (κ1) is 13.3. The fourth-order valence-electron chi connectivity index (χ4n) is 1.74. The molecule has 0 unspecified atom stereocenters. The Balaban J connectivity index is 2.19. The Hall–Kier alpha value is -2.14. The molecular weight excluding hydrogens is 262 g/mol. The lowest BCUT2D eigenvalue weighted by molar-refractivity contribution is -0.255. The molecule has 0 aliphatic heterocycles. The molecule has 1 heterocycles. The van der Waals surface area contributed by atoms with Crippen molar-refractivity contribution in [3.05, 3.63) is 57.8 Å². The molecule has 19 heavy (non-hydrogen) atoms. The lowest BCUT2D eigenvalue weighted by Gasteiger charge is -2.14. The SMILES string of the molecule is C[C@H](NC(=O)c1ccccc1C(=O)[O-])c1cccs1. The molecule has 1 amide bonds. The highest BCUT2D eigenvalue weighted by Crippen LogP contribution is 2.19. The van der Waals surface area contributed by atoms with E-state index < -0.39 is 11.9 Å². The minimum absolute atomic E-state index is 0.0987. The van der Waals surface area contributed by atoms with Crippen molar-refractivity contribution in [1.29, 1.82) is 0 Å². The van der Waals surface area contributed by atoms with E-state index in [-0.39, 0.29) is 17.2 Å². The van der Waals surface area contributed by atoms with E-state index in [0.29, 0.717) is 0 Å². The van der Waals surface area contributed by atoms with Crippen molar-refractivity contribution < 1.29 is 14.7 Å². The topological polar surface area (TPSA) is 69.2 Å². The zero-order valence-electron chi connectivity index (χ0n) is 10.3. The quantitative estimate of drug-likeness (QED) is 0.920. The van der Waals surface area contributed by atoms with Gasteiger partial charge in [-0.25, -0.2) is 0 Å². The van der Waals surface area contributed by atoms with E-state index in [2.05, 4.69) is 5.32 Å². The summed E-state index contributed by atoms with van der Waals surface area (Å²) in [7, 11) is 0. The Labute approximate surface area is 114 Å². The summed E-state index contributed by atoms with van der Waals surface area (Å²) in [6.07, 6.45) is 0. The fourth-order valence-corrected chi connectivity index (χ4v) is 2.48. The molecule has 98 valence electrons. The Morgan fingerprint density at radius 1 is 1.16 bits per heavy atom. The van der Waals surface area contributed by atoms with Crippen molar-refractivity contribution in [1.82, 2.24) is 5.32 Å². The van der Waals surface area contributed by atoms with Gasteiger partial charge in [0.05, 0.1) is 12.0 Å². The monoisotopic (exact) mass is 274 g/mol. The molecule has 0 saturated carbocycles. The van der Waals surface area contributed by atoms with Crippen molar-refractivity contribution in [2.75, 3.05) is 0 Å². The van der Waals surface area contributed by atoms with E-state index in [1.165, 1.54) is 23.5 Å². The zero-order chi connectivity index (χ0) is 13.8. The van der Waals surface area contributed by atoms with Crippen LogP contribution in [0, 0.1) is 0 Å². The molecule has 1 N–H and O–H groups in total. The lowest BCUT2D eigenvalue weighted by atomic mass is 10.1. The molecule has 0 bridgehead atoms. The standard InChI is InChI=1S/C14H13NO3S/c1-9(12-7-4-8-19-12)15-13(16)10-5-2-3-6-11(10)14(17)18/h2-9H,1H3,(H,15,16)(H,17,18)/p-1/t9-/m0/s1. The number of nitrogens with one attached hydrogen (secondary N) is 1. The van der Waals surface area contributed by atoms with Gasteiger partial charge in [-0.1, -0.05) is 24.3 Å². The molecule has 4 nitrogen and oxygen atoms in total. The molecule has 0 radical (unpaired) electrons. The van der Waals surface area contributed by atoms with E-state index in [0.717, 1.165) is 4.88 Å². The van der Waals surface area contributed by atoms with E-state index in [1.54, 1.807) is 12.1 Å². The third kappa shape index (κ3) is 3.00. The molecule has 2 aromatic rings. The maximum atomic E-state index is 12.1. The Morgan fingerprint density at radius 3 is 2.42 bits per heavy atom. The first-order valence-electron chi connectivity index (χ1n) is 5.74. The van der Waals surface area contributed by atoms with Gasteiger partial charge in [-0.3, -0.25) is 4.79 Å². The molecule has 0 spiro atoms. The molecule has 0 fully saturated rings. The van der Waals surface area contributed by atoms with E-state index in [1.807, 2.05) is 24.4 Å². The average molecular weight is 274 g/mol. The molecule has 0 aliphatic rings. The predicted molar refractivity (Wildman–Crippen MR) is 71.0 cm³/mol. The van der Waals surface area contributed by atoms with Crippen LogP contribution in [0.4, 0.5) is 0 Å². The second-order valence-corrected chi connectivity index (χ2v) is 5.02. The number of aromatic carboxylic acids is 1. The molecule has 1 aromatic carbocycles. The van der Waals surface area contributed by atoms with E-state index in [9.17, 15) is 14.7 Å². The highest BCUT2D eigenvalue weighted by atomic mass is 32.1. The van der Waals surface area contributed by atoms with Crippen LogP contribution in [0.5, 0.6) is 0 Å². The number of carbonyl (C=O) groups is 2. The molecule has 1 aromatic heterocycles. The Kier molecular flexibility index (Phi) is 3.97. The number of rotatable bonds is 4. The summed E-state index contributed by atoms with van der Waals surface area (Å²) < 4.78 is 0. The maximum absolute atomic E-state index is 12.1. The number of benzene rings is 1. The van der Waals surface area contributed by atoms with Gasteiger partial charge in [-0.05, 0) is 24.4 Å². The first-order valence-corrected chi connectivity index (χ1v) is 6.62. The van der Waals surface area contributed by atoms with E-state index in [4.69, 9.17) is 0 Å². The van der Waals surface area contributed by atoms with Gasteiger partial charge in [-0.15, -0.1) is 11.3 Å². The van der Waals surface area contributed by atoms with Crippen molar-refractivity contribution in [3.8, 4) is 0 Å². The van der Waals surface area contributed by atoms with Gasteiger partial charge in [0.1, 0.15) is 0 Å². The van der Waals surface area contributed by atoms with Gasteiger partial charge in [0.25, 0.3) is 5.91 Å². The van der Waals surface area contributed by atoms with Gasteiger partial charge in [0.2, 0.25) is 0 Å². The number of hydrogen-bond donors (Lipinski definition) is 1. The summed E-state index contributed by atoms with van der Waals surface area (Å²) in [4.78, 5) is 24.0. The summed E-state index contributed by atoms with van der Waals surface area (Å²) in [5, 5.41) is 15.6. The van der Waals surface area contributed by atoms with Crippen molar-refractivity contribution >= 4 is 23.2 Å². The highest BCUT2D eigenvalue weighted by molar-refractivity contribution is 7.10. The highest BCUT2D eigenvalue weighted by Gasteiger charge is 2.15. The summed E-state index contributed by atoms with van der Waals surface area (Å²) in [5.74, 6) is -1.77. The first-order chi connectivity index (χ1) is 9.09.